The molecule has 1 heterocycles. The van der Waals surface area contributed by atoms with E-state index in [2.05, 4.69) is 5.10 Å². The number of benzene rings is 2. The molecule has 2 N–H and O–H groups in total. The molecule has 2 aromatic carbocycles. The van der Waals surface area contributed by atoms with Crippen molar-refractivity contribution in [3.63, 3.8) is 0 Å². The smallest absolute Gasteiger partial charge is 0.267 e. The van der Waals surface area contributed by atoms with E-state index >= 15 is 0 Å². The van der Waals surface area contributed by atoms with Gasteiger partial charge in [0, 0.05) is 11.1 Å². The molecule has 9 nitrogen and oxygen atoms in total. The fourth-order valence-corrected chi connectivity index (χ4v) is 4.60. The van der Waals surface area contributed by atoms with Crippen LogP contribution in [0, 0.1) is 6.92 Å². The van der Waals surface area contributed by atoms with E-state index in [1.807, 2.05) is 0 Å². The van der Waals surface area contributed by atoms with Crippen molar-refractivity contribution < 1.29 is 23.2 Å². The topological polar surface area (TPSA) is 128 Å². The number of nitrogens with one attached hydrogen (secondary N) is 1. The molecule has 0 aliphatic heterocycles. The van der Waals surface area contributed by atoms with Crippen LogP contribution in [0.1, 0.15) is 18.2 Å². The van der Waals surface area contributed by atoms with Gasteiger partial charge in [0.25, 0.3) is 5.56 Å². The Morgan fingerprint density at radius 2 is 1.69 bits per heavy atom. The van der Waals surface area contributed by atoms with Crippen LogP contribution >= 0.6 is 11.6 Å². The quantitative estimate of drug-likeness (QED) is 0.377. The molecule has 0 saturated carbocycles. The fourth-order valence-electron chi connectivity index (χ4n) is 2.96. The summed E-state index contributed by atoms with van der Waals surface area (Å²) in [6, 6.07) is 14.0. The third-order valence-corrected chi connectivity index (χ3v) is 6.56. The zero-order valence-electron chi connectivity index (χ0n) is 16.9. The van der Waals surface area contributed by atoms with E-state index in [9.17, 15) is 18.0 Å². The molecule has 3 rings (SSSR count). The number of ether oxygens (including phenoxy) is 1. The summed E-state index contributed by atoms with van der Waals surface area (Å²) in [7, 11) is -3.92. The second-order valence-corrected chi connectivity index (χ2v) is 9.43. The number of sulfone groups is 1. The average molecular weight is 478 g/mol. The first-order chi connectivity index (χ1) is 15.2. The van der Waals surface area contributed by atoms with Crippen LogP contribution in [-0.2, 0) is 14.6 Å². The van der Waals surface area contributed by atoms with Gasteiger partial charge in [0.2, 0.25) is 5.91 Å². The van der Waals surface area contributed by atoms with Gasteiger partial charge < -0.3 is 4.74 Å². The lowest BCUT2D eigenvalue weighted by molar-refractivity contribution is -0.129. The van der Waals surface area contributed by atoms with Crippen molar-refractivity contribution in [2.75, 3.05) is 5.75 Å². The Morgan fingerprint density at radius 3 is 2.28 bits per heavy atom. The van der Waals surface area contributed by atoms with Gasteiger partial charge in [-0.1, -0.05) is 11.6 Å². The van der Waals surface area contributed by atoms with E-state index in [1.54, 1.807) is 31.2 Å². The van der Waals surface area contributed by atoms with Crippen molar-refractivity contribution >= 4 is 27.3 Å². The molecule has 0 aliphatic carbocycles. The molecule has 1 unspecified atom stereocenters. The second kappa shape index (κ2) is 9.94. The Balaban J connectivity index is 1.84. The number of carbonyl (C=O) groups excluding carboxylic acids is 1. The van der Waals surface area contributed by atoms with Gasteiger partial charge in [-0.05, 0) is 61.5 Å². The maximum absolute atomic E-state index is 13.0. The molecule has 32 heavy (non-hydrogen) atoms. The lowest BCUT2D eigenvalue weighted by Gasteiger charge is -2.18. The summed E-state index contributed by atoms with van der Waals surface area (Å²) >= 11 is 5.84. The van der Waals surface area contributed by atoms with Crippen molar-refractivity contribution in [1.82, 2.24) is 15.3 Å². The standard InChI is InChI=1S/C21H20ClN3O6S/c1-14-2-11-21(27)25(23-14)16(12-20(26)24-28)13-32(29,30)19-9-7-18(8-10-19)31-17-5-3-15(22)4-6-17/h2-11,16,28H,12-13H2,1H3,(H,24,26). The van der Waals surface area contributed by atoms with Gasteiger partial charge in [-0.15, -0.1) is 0 Å². The first kappa shape index (κ1) is 23.5. The molecular weight excluding hydrogens is 458 g/mol. The number of nitrogens with zero attached hydrogens (tertiary/aromatic N) is 2. The molecule has 3 aromatic rings. The summed E-state index contributed by atoms with van der Waals surface area (Å²) in [6.45, 7) is 1.63. The van der Waals surface area contributed by atoms with E-state index < -0.39 is 39.5 Å². The summed E-state index contributed by atoms with van der Waals surface area (Å²) in [6.07, 6.45) is -0.455. The molecule has 0 spiro atoms. The number of hydrogen-bond acceptors (Lipinski definition) is 7. The van der Waals surface area contributed by atoms with Crippen LogP contribution in [0.25, 0.3) is 0 Å². The van der Waals surface area contributed by atoms with Crippen molar-refractivity contribution in [2.45, 2.75) is 24.3 Å². The molecule has 1 aromatic heterocycles. The Morgan fingerprint density at radius 1 is 1.09 bits per heavy atom. The number of amides is 1. The fraction of sp³-hybridized carbons (Fsp3) is 0.190. The monoisotopic (exact) mass is 477 g/mol. The summed E-state index contributed by atoms with van der Waals surface area (Å²) in [5.74, 6) is -0.468. The minimum atomic E-state index is -3.92. The van der Waals surface area contributed by atoms with E-state index in [-0.39, 0.29) is 4.90 Å². The van der Waals surface area contributed by atoms with Gasteiger partial charge in [0.1, 0.15) is 11.5 Å². The number of halogens is 1. The zero-order chi connectivity index (χ0) is 23.3. The molecule has 1 atom stereocenters. The van der Waals surface area contributed by atoms with Crippen LogP contribution < -0.4 is 15.8 Å². The van der Waals surface area contributed by atoms with Gasteiger partial charge >= 0.3 is 0 Å². The number of aryl methyl sites for hydroxylation is 1. The molecule has 0 bridgehead atoms. The largest absolute Gasteiger partial charge is 0.457 e. The van der Waals surface area contributed by atoms with Crippen LogP contribution in [0.3, 0.4) is 0 Å². The number of aromatic nitrogens is 2. The molecule has 0 saturated heterocycles. The second-order valence-electron chi connectivity index (χ2n) is 6.96. The summed E-state index contributed by atoms with van der Waals surface area (Å²) < 4.78 is 32.6. The maximum Gasteiger partial charge on any atom is 0.267 e. The van der Waals surface area contributed by atoms with E-state index in [1.165, 1.54) is 41.9 Å². The molecule has 0 radical (unpaired) electrons. The molecule has 168 valence electrons. The maximum atomic E-state index is 13.0. The molecular formula is C21H20ClN3O6S. The minimum Gasteiger partial charge on any atom is -0.457 e. The van der Waals surface area contributed by atoms with Crippen molar-refractivity contribution in [2.24, 2.45) is 0 Å². The number of hydroxylamine groups is 1. The Hall–Kier alpha value is -3.21. The van der Waals surface area contributed by atoms with Gasteiger partial charge in [-0.2, -0.15) is 5.10 Å². The summed E-state index contributed by atoms with van der Waals surface area (Å²) in [4.78, 5) is 23.9. The first-order valence-corrected chi connectivity index (χ1v) is 11.5. The van der Waals surface area contributed by atoms with Crippen LogP contribution in [0.15, 0.2) is 70.4 Å². The van der Waals surface area contributed by atoms with Gasteiger partial charge in [0.15, 0.2) is 9.84 Å². The summed E-state index contributed by atoms with van der Waals surface area (Å²) in [5, 5.41) is 13.5. The van der Waals surface area contributed by atoms with Crippen molar-refractivity contribution in [1.29, 1.82) is 0 Å². The zero-order valence-corrected chi connectivity index (χ0v) is 18.5. The molecule has 0 fully saturated rings. The highest BCUT2D eigenvalue weighted by atomic mass is 35.5. The molecule has 11 heteroatoms. The minimum absolute atomic E-state index is 0.0175. The van der Waals surface area contributed by atoms with E-state index in [0.29, 0.717) is 22.2 Å². The van der Waals surface area contributed by atoms with Crippen molar-refractivity contribution in [3.8, 4) is 11.5 Å². The van der Waals surface area contributed by atoms with E-state index in [4.69, 9.17) is 21.5 Å². The van der Waals surface area contributed by atoms with Crippen LogP contribution in [0.2, 0.25) is 5.02 Å². The highest BCUT2D eigenvalue weighted by molar-refractivity contribution is 7.91. The lowest BCUT2D eigenvalue weighted by Crippen LogP contribution is -2.35. The Kier molecular flexibility index (Phi) is 7.29. The number of carbonyl (C=O) groups is 1. The third kappa shape index (κ3) is 5.94. The van der Waals surface area contributed by atoms with Gasteiger partial charge in [-0.3, -0.25) is 14.8 Å². The van der Waals surface area contributed by atoms with Crippen LogP contribution in [0.5, 0.6) is 11.5 Å². The van der Waals surface area contributed by atoms with Crippen LogP contribution in [0.4, 0.5) is 0 Å². The molecule has 1 amide bonds. The number of rotatable bonds is 8. The van der Waals surface area contributed by atoms with Crippen molar-refractivity contribution in [3.05, 3.63) is 81.7 Å². The molecule has 0 aliphatic rings. The SMILES string of the molecule is Cc1ccc(=O)n(C(CC(=O)NO)CS(=O)(=O)c2ccc(Oc3ccc(Cl)cc3)cc2)n1. The summed E-state index contributed by atoms with van der Waals surface area (Å²) in [5.41, 5.74) is 1.37. The number of hydrogen-bond donors (Lipinski definition) is 2. The van der Waals surface area contributed by atoms with Crippen LogP contribution in [-0.4, -0.2) is 35.1 Å². The first-order valence-electron chi connectivity index (χ1n) is 9.43. The Bertz CT molecular complexity index is 1260. The predicted molar refractivity (Wildman–Crippen MR) is 117 cm³/mol. The van der Waals surface area contributed by atoms with E-state index in [0.717, 1.165) is 4.68 Å². The van der Waals surface area contributed by atoms with Gasteiger partial charge in [-0.25, -0.2) is 18.6 Å². The Labute approximate surface area is 189 Å². The van der Waals surface area contributed by atoms with Gasteiger partial charge in [0.05, 0.1) is 28.8 Å². The average Bonchev–Trinajstić information content (AvgIpc) is 2.76. The predicted octanol–water partition coefficient (Wildman–Crippen LogP) is 2.91. The highest BCUT2D eigenvalue weighted by Crippen LogP contribution is 2.26. The lowest BCUT2D eigenvalue weighted by atomic mass is 10.2. The normalized spacial score (nSPS) is 12.2. The third-order valence-electron chi connectivity index (χ3n) is 4.49. The highest BCUT2D eigenvalue weighted by Gasteiger charge is 2.26.